The first-order valence-electron chi connectivity index (χ1n) is 8.10. The summed E-state index contributed by atoms with van der Waals surface area (Å²) >= 11 is 0. The average molecular weight is 315 g/mol. The molecule has 8 heteroatoms. The zero-order valence-corrected chi connectivity index (χ0v) is 13.2. The molecule has 23 heavy (non-hydrogen) atoms. The van der Waals surface area contributed by atoms with Gasteiger partial charge in [-0.15, -0.1) is 15.3 Å². The van der Waals surface area contributed by atoms with E-state index in [4.69, 9.17) is 0 Å². The smallest absolute Gasteiger partial charge is 0.220 e. The highest BCUT2D eigenvalue weighted by atomic mass is 16.1. The predicted octanol–water partition coefficient (Wildman–Crippen LogP) is -0.0866. The van der Waals surface area contributed by atoms with Gasteiger partial charge >= 0.3 is 0 Å². The Morgan fingerprint density at radius 3 is 3.09 bits per heavy atom. The minimum Gasteiger partial charge on any atom is -0.352 e. The summed E-state index contributed by atoms with van der Waals surface area (Å²) in [5.74, 6) is 1.14. The van der Waals surface area contributed by atoms with Crippen molar-refractivity contribution in [3.63, 3.8) is 0 Å². The fourth-order valence-corrected chi connectivity index (χ4v) is 3.32. The van der Waals surface area contributed by atoms with Crippen molar-refractivity contribution in [2.75, 3.05) is 31.6 Å². The summed E-state index contributed by atoms with van der Waals surface area (Å²) < 4.78 is 1.70. The number of likely N-dealkylation sites (N-methyl/N-ethyl adjacent to an activating group) is 1. The third-order valence-electron chi connectivity index (χ3n) is 4.79. The number of rotatable bonds is 4. The number of carbonyl (C=O) groups excluding carboxylic acids is 1. The van der Waals surface area contributed by atoms with Crippen LogP contribution in [0.25, 0.3) is 5.65 Å². The Labute approximate surface area is 134 Å². The van der Waals surface area contributed by atoms with E-state index in [1.807, 2.05) is 12.1 Å². The molecule has 2 aliphatic heterocycles. The second-order valence-corrected chi connectivity index (χ2v) is 6.48. The van der Waals surface area contributed by atoms with Crippen molar-refractivity contribution >= 4 is 17.4 Å². The SMILES string of the molecule is CN(CC1CCCC(=O)N1)C1CN(c2ccc3nncn3n2)C1. The number of piperidine rings is 1. The largest absolute Gasteiger partial charge is 0.352 e. The topological polar surface area (TPSA) is 78.7 Å². The molecule has 0 spiro atoms. The van der Waals surface area contributed by atoms with Gasteiger partial charge in [0.15, 0.2) is 5.65 Å². The molecule has 1 atom stereocenters. The first kappa shape index (κ1) is 14.4. The Hall–Kier alpha value is -2.22. The van der Waals surface area contributed by atoms with Crippen LogP contribution in [0.2, 0.25) is 0 Å². The summed E-state index contributed by atoms with van der Waals surface area (Å²) in [5, 5.41) is 15.4. The van der Waals surface area contributed by atoms with Gasteiger partial charge in [-0.2, -0.15) is 4.52 Å². The van der Waals surface area contributed by atoms with Crippen LogP contribution in [0.5, 0.6) is 0 Å². The van der Waals surface area contributed by atoms with Gasteiger partial charge < -0.3 is 10.2 Å². The van der Waals surface area contributed by atoms with Crippen molar-refractivity contribution in [2.45, 2.75) is 31.3 Å². The van der Waals surface area contributed by atoms with E-state index in [2.05, 4.69) is 37.5 Å². The molecule has 2 aromatic heterocycles. The molecule has 0 bridgehead atoms. The molecule has 1 N–H and O–H groups in total. The number of nitrogens with one attached hydrogen (secondary N) is 1. The van der Waals surface area contributed by atoms with Crippen molar-refractivity contribution < 1.29 is 4.79 Å². The third kappa shape index (κ3) is 2.86. The van der Waals surface area contributed by atoms with Gasteiger partial charge in [0.1, 0.15) is 12.1 Å². The maximum absolute atomic E-state index is 11.5. The van der Waals surface area contributed by atoms with Gasteiger partial charge in [-0.25, -0.2) is 0 Å². The Morgan fingerprint density at radius 1 is 1.39 bits per heavy atom. The molecule has 2 aliphatic rings. The number of aromatic nitrogens is 4. The van der Waals surface area contributed by atoms with Crippen molar-refractivity contribution in [2.24, 2.45) is 0 Å². The molecule has 2 aromatic rings. The standard InChI is InChI=1S/C15H21N7O/c1-20(7-11-3-2-4-15(23)17-11)12-8-21(9-12)14-6-5-13-18-16-10-22(13)19-14/h5-6,10-12H,2-4,7-9H2,1H3,(H,17,23). The molecule has 0 radical (unpaired) electrons. The van der Waals surface area contributed by atoms with Crippen LogP contribution in [0.1, 0.15) is 19.3 Å². The van der Waals surface area contributed by atoms with Crippen molar-refractivity contribution in [1.82, 2.24) is 30.0 Å². The third-order valence-corrected chi connectivity index (χ3v) is 4.79. The van der Waals surface area contributed by atoms with Crippen LogP contribution < -0.4 is 10.2 Å². The number of nitrogens with zero attached hydrogens (tertiary/aromatic N) is 6. The lowest BCUT2D eigenvalue weighted by molar-refractivity contribution is -0.123. The van der Waals surface area contributed by atoms with Gasteiger partial charge in [0.2, 0.25) is 5.91 Å². The molecule has 2 saturated heterocycles. The molecular weight excluding hydrogens is 294 g/mol. The lowest BCUT2D eigenvalue weighted by Crippen LogP contribution is -2.61. The van der Waals surface area contributed by atoms with Crippen molar-refractivity contribution in [3.8, 4) is 0 Å². The van der Waals surface area contributed by atoms with Crippen LogP contribution in [-0.4, -0.2) is 69.4 Å². The van der Waals surface area contributed by atoms with Crippen molar-refractivity contribution in [3.05, 3.63) is 18.5 Å². The molecule has 0 aliphatic carbocycles. The second kappa shape index (κ2) is 5.77. The van der Waals surface area contributed by atoms with Gasteiger partial charge in [0.05, 0.1) is 0 Å². The van der Waals surface area contributed by atoms with E-state index in [9.17, 15) is 4.79 Å². The fraction of sp³-hybridized carbons (Fsp3) is 0.600. The normalized spacial score (nSPS) is 22.4. The highest BCUT2D eigenvalue weighted by molar-refractivity contribution is 5.76. The van der Waals surface area contributed by atoms with Crippen LogP contribution >= 0.6 is 0 Å². The Bertz CT molecular complexity index is 709. The maximum atomic E-state index is 11.5. The van der Waals surface area contributed by atoms with Gasteiger partial charge in [-0.1, -0.05) is 0 Å². The maximum Gasteiger partial charge on any atom is 0.220 e. The molecular formula is C15H21N7O. The number of anilines is 1. The predicted molar refractivity (Wildman–Crippen MR) is 85.2 cm³/mol. The summed E-state index contributed by atoms with van der Waals surface area (Å²) in [5.41, 5.74) is 0.760. The quantitative estimate of drug-likeness (QED) is 0.850. The van der Waals surface area contributed by atoms with E-state index in [1.54, 1.807) is 10.8 Å². The monoisotopic (exact) mass is 315 g/mol. The summed E-state index contributed by atoms with van der Waals surface area (Å²) in [6.45, 7) is 2.83. The average Bonchev–Trinajstić information content (AvgIpc) is 2.93. The van der Waals surface area contributed by atoms with Gasteiger partial charge in [0, 0.05) is 38.1 Å². The minimum absolute atomic E-state index is 0.191. The van der Waals surface area contributed by atoms with E-state index in [0.29, 0.717) is 18.5 Å². The second-order valence-electron chi connectivity index (χ2n) is 6.48. The first-order chi connectivity index (χ1) is 11.2. The number of hydrogen-bond acceptors (Lipinski definition) is 6. The molecule has 122 valence electrons. The van der Waals surface area contributed by atoms with Crippen LogP contribution in [0, 0.1) is 0 Å². The molecule has 2 fully saturated rings. The highest BCUT2D eigenvalue weighted by Crippen LogP contribution is 2.22. The number of hydrogen-bond donors (Lipinski definition) is 1. The minimum atomic E-state index is 0.191. The lowest BCUT2D eigenvalue weighted by atomic mass is 10.0. The molecule has 0 aromatic carbocycles. The molecule has 0 saturated carbocycles. The summed E-state index contributed by atoms with van der Waals surface area (Å²) in [6.07, 6.45) is 4.38. The van der Waals surface area contributed by atoms with Crippen LogP contribution in [0.15, 0.2) is 18.5 Å². The van der Waals surface area contributed by atoms with E-state index >= 15 is 0 Å². The van der Waals surface area contributed by atoms with E-state index in [1.165, 1.54) is 0 Å². The number of fused-ring (bicyclic) bond motifs is 1. The van der Waals surface area contributed by atoms with Crippen LogP contribution in [0.3, 0.4) is 0 Å². The van der Waals surface area contributed by atoms with E-state index < -0.39 is 0 Å². The molecule has 1 unspecified atom stereocenters. The number of amides is 1. The lowest BCUT2D eigenvalue weighted by Gasteiger charge is -2.45. The van der Waals surface area contributed by atoms with Crippen LogP contribution in [0.4, 0.5) is 5.82 Å². The Morgan fingerprint density at radius 2 is 2.26 bits per heavy atom. The van der Waals surface area contributed by atoms with Gasteiger partial charge in [-0.05, 0) is 32.0 Å². The zero-order chi connectivity index (χ0) is 15.8. The van der Waals surface area contributed by atoms with Gasteiger partial charge in [-0.3, -0.25) is 9.69 Å². The fourth-order valence-electron chi connectivity index (χ4n) is 3.32. The zero-order valence-electron chi connectivity index (χ0n) is 13.2. The molecule has 8 nitrogen and oxygen atoms in total. The summed E-state index contributed by atoms with van der Waals surface area (Å²) in [4.78, 5) is 16.1. The molecule has 1 amide bonds. The first-order valence-corrected chi connectivity index (χ1v) is 8.10. The summed E-state index contributed by atoms with van der Waals surface area (Å²) in [6, 6.07) is 4.72. The highest BCUT2D eigenvalue weighted by Gasteiger charge is 2.32. The molecule has 4 rings (SSSR count). The Kier molecular flexibility index (Phi) is 3.60. The van der Waals surface area contributed by atoms with Crippen molar-refractivity contribution in [1.29, 1.82) is 0 Å². The Balaban J connectivity index is 1.32. The van der Waals surface area contributed by atoms with Crippen LogP contribution in [-0.2, 0) is 4.79 Å². The number of carbonyl (C=O) groups is 1. The van der Waals surface area contributed by atoms with Gasteiger partial charge in [0.25, 0.3) is 0 Å². The van der Waals surface area contributed by atoms with E-state index in [-0.39, 0.29) is 5.91 Å². The van der Waals surface area contributed by atoms with E-state index in [0.717, 1.165) is 43.9 Å². The molecule has 4 heterocycles. The summed E-state index contributed by atoms with van der Waals surface area (Å²) in [7, 11) is 2.14.